The summed E-state index contributed by atoms with van der Waals surface area (Å²) < 4.78 is 5.93. The summed E-state index contributed by atoms with van der Waals surface area (Å²) in [6.07, 6.45) is 3.20. The number of fused-ring (bicyclic) bond motifs is 3. The molecule has 2 aromatic heterocycles. The Morgan fingerprint density at radius 2 is 1.71 bits per heavy atom. The van der Waals surface area contributed by atoms with Gasteiger partial charge in [-0.25, -0.2) is 0 Å². The first kappa shape index (κ1) is 24.4. The van der Waals surface area contributed by atoms with Crippen LogP contribution in [0.2, 0.25) is 0 Å². The Kier molecular flexibility index (Phi) is 5.38. The molecule has 6 heteroatoms. The number of carbonyl (C=O) groups is 1. The van der Waals surface area contributed by atoms with Gasteiger partial charge in [0, 0.05) is 52.4 Å². The van der Waals surface area contributed by atoms with Crippen LogP contribution in [0.25, 0.3) is 22.0 Å². The van der Waals surface area contributed by atoms with Crippen molar-refractivity contribution in [1.29, 1.82) is 0 Å². The number of pyridine rings is 1. The van der Waals surface area contributed by atoms with Gasteiger partial charge in [0.1, 0.15) is 5.41 Å². The van der Waals surface area contributed by atoms with Crippen molar-refractivity contribution in [2.24, 2.45) is 0 Å². The molecule has 5 atom stereocenters. The Labute approximate surface area is 238 Å². The average molecular weight is 542 g/mol. The van der Waals surface area contributed by atoms with Crippen molar-refractivity contribution in [2.45, 2.75) is 43.2 Å². The van der Waals surface area contributed by atoms with Crippen LogP contribution in [0.5, 0.6) is 0 Å². The van der Waals surface area contributed by atoms with Crippen molar-refractivity contribution in [3.05, 3.63) is 129 Å². The number of H-pyrrole nitrogens is 2. The van der Waals surface area contributed by atoms with Gasteiger partial charge in [0.2, 0.25) is 0 Å². The third kappa shape index (κ3) is 3.28. The number of aromatic nitrogens is 2. The summed E-state index contributed by atoms with van der Waals surface area (Å²) >= 11 is 0. The number of para-hydroxylation sites is 1. The van der Waals surface area contributed by atoms with Crippen molar-refractivity contribution in [3.63, 3.8) is 0 Å². The summed E-state index contributed by atoms with van der Waals surface area (Å²) in [5.74, 6) is -0.354. The summed E-state index contributed by atoms with van der Waals surface area (Å²) in [5.41, 5.74) is 7.00. The zero-order valence-corrected chi connectivity index (χ0v) is 22.9. The largest absolute Gasteiger partial charge is 0.465 e. The third-order valence-corrected chi connectivity index (χ3v) is 9.64. The van der Waals surface area contributed by atoms with Gasteiger partial charge in [-0.05, 0) is 48.1 Å². The minimum Gasteiger partial charge on any atom is -0.465 e. The normalized spacial score (nSPS) is 25.8. The fourth-order valence-electron chi connectivity index (χ4n) is 8.22. The Balaban J connectivity index is 1.48. The minimum atomic E-state index is -1.04. The predicted octanol–water partition coefficient (Wildman–Crippen LogP) is 6.17. The van der Waals surface area contributed by atoms with Crippen LogP contribution in [0.15, 0.2) is 95.9 Å². The highest BCUT2D eigenvalue weighted by atomic mass is 16.5. The van der Waals surface area contributed by atoms with Crippen LogP contribution in [0.1, 0.15) is 59.3 Å². The highest BCUT2D eigenvalue weighted by Crippen LogP contribution is 2.66. The first-order valence-electron chi connectivity index (χ1n) is 14.5. The Hall–Kier alpha value is -4.42. The standard InChI is InChI=1S/C35H31N3O3/c1-2-41-34(40)35-19-25-28-26(21-11-5-3-6-12-21)20-36-33(39)29(28)32(35)38(30(25)22-13-7-4-8-14-22)18-17-24-23-15-9-10-16-27(23)37-31(24)35/h3-16,20,25,30,32,37H,2,17-19H2,1H3,(H,36,39)/t25-,30+,32-,35+/m1/s1. The molecule has 2 N–H and O–H groups in total. The van der Waals surface area contributed by atoms with Crippen LogP contribution in [0, 0.1) is 0 Å². The number of esters is 1. The van der Waals surface area contributed by atoms with Crippen molar-refractivity contribution in [3.8, 4) is 11.1 Å². The number of nitrogens with zero attached hydrogens (tertiary/aromatic N) is 1. The van der Waals surface area contributed by atoms with E-state index in [1.54, 1.807) is 0 Å². The lowest BCUT2D eigenvalue weighted by molar-refractivity contribution is -0.160. The van der Waals surface area contributed by atoms with Crippen LogP contribution in [-0.4, -0.2) is 34.0 Å². The smallest absolute Gasteiger partial charge is 0.320 e. The second-order valence-electron chi connectivity index (χ2n) is 11.5. The lowest BCUT2D eigenvalue weighted by Gasteiger charge is -2.59. The van der Waals surface area contributed by atoms with E-state index in [1.165, 1.54) is 5.56 Å². The molecule has 5 aromatic rings. The van der Waals surface area contributed by atoms with E-state index in [0.29, 0.717) is 12.0 Å². The molecule has 9 rings (SSSR count). The van der Waals surface area contributed by atoms with E-state index in [9.17, 15) is 9.59 Å². The Morgan fingerprint density at radius 1 is 0.976 bits per heavy atom. The highest BCUT2D eigenvalue weighted by Gasteiger charge is 2.66. The monoisotopic (exact) mass is 541 g/mol. The molecule has 4 aliphatic rings. The first-order chi connectivity index (χ1) is 20.1. The molecule has 0 spiro atoms. The number of piperidine rings is 1. The molecule has 0 radical (unpaired) electrons. The number of benzene rings is 3. The van der Waals surface area contributed by atoms with E-state index < -0.39 is 11.5 Å². The lowest BCUT2D eigenvalue weighted by Crippen LogP contribution is -2.61. The average Bonchev–Trinajstić information content (AvgIpc) is 3.35. The molecule has 0 saturated carbocycles. The van der Waals surface area contributed by atoms with Gasteiger partial charge in [0.05, 0.1) is 12.6 Å². The van der Waals surface area contributed by atoms with Crippen molar-refractivity contribution >= 4 is 16.9 Å². The maximum atomic E-state index is 14.5. The fourth-order valence-corrected chi connectivity index (χ4v) is 8.22. The molecule has 1 unspecified atom stereocenters. The molecule has 5 heterocycles. The molecule has 41 heavy (non-hydrogen) atoms. The second-order valence-corrected chi connectivity index (χ2v) is 11.5. The molecule has 3 aromatic carbocycles. The summed E-state index contributed by atoms with van der Waals surface area (Å²) in [4.78, 5) is 37.6. The summed E-state index contributed by atoms with van der Waals surface area (Å²) in [6.45, 7) is 2.87. The molecule has 4 bridgehead atoms. The van der Waals surface area contributed by atoms with Crippen molar-refractivity contribution in [1.82, 2.24) is 14.9 Å². The second kappa shape index (κ2) is 9.05. The van der Waals surface area contributed by atoms with Crippen LogP contribution < -0.4 is 5.56 Å². The van der Waals surface area contributed by atoms with Crippen LogP contribution in [0.4, 0.5) is 0 Å². The van der Waals surface area contributed by atoms with Crippen molar-refractivity contribution in [2.75, 3.05) is 13.2 Å². The van der Waals surface area contributed by atoms with Gasteiger partial charge in [0.15, 0.2) is 0 Å². The molecule has 1 saturated heterocycles. The predicted molar refractivity (Wildman–Crippen MR) is 159 cm³/mol. The maximum absolute atomic E-state index is 14.5. The summed E-state index contributed by atoms with van der Waals surface area (Å²) in [7, 11) is 0. The topological polar surface area (TPSA) is 78.2 Å². The molecular weight excluding hydrogens is 510 g/mol. The van der Waals surface area contributed by atoms with Gasteiger partial charge in [0.25, 0.3) is 5.56 Å². The Bertz CT molecular complexity index is 1860. The van der Waals surface area contributed by atoms with Gasteiger partial charge in [-0.3, -0.25) is 14.5 Å². The quantitative estimate of drug-likeness (QED) is 0.267. The number of hydrogen-bond acceptors (Lipinski definition) is 4. The lowest BCUT2D eigenvalue weighted by atomic mass is 9.55. The maximum Gasteiger partial charge on any atom is 0.320 e. The van der Waals surface area contributed by atoms with Crippen LogP contribution >= 0.6 is 0 Å². The zero-order chi connectivity index (χ0) is 27.7. The SMILES string of the molecule is CCOC(=O)[C@]12C[C@@H]3c4c(-c5ccccc5)c[nH]c(=O)c4[C@H]1N(CCc1c2[nH]c2ccccc12)[C@H]3c1ccccc1. The molecule has 1 aliphatic carbocycles. The molecule has 6 nitrogen and oxygen atoms in total. The van der Waals surface area contributed by atoms with Gasteiger partial charge >= 0.3 is 5.97 Å². The van der Waals surface area contributed by atoms with E-state index in [0.717, 1.165) is 51.8 Å². The summed E-state index contributed by atoms with van der Waals surface area (Å²) in [5, 5.41) is 1.14. The minimum absolute atomic E-state index is 0.0239. The van der Waals surface area contributed by atoms with Crippen LogP contribution in [0.3, 0.4) is 0 Å². The number of ether oxygens (including phenoxy) is 1. The number of rotatable bonds is 4. The Morgan fingerprint density at radius 3 is 2.49 bits per heavy atom. The number of nitrogens with one attached hydrogen (secondary N) is 2. The fraction of sp³-hybridized carbons (Fsp3) is 0.257. The van der Waals surface area contributed by atoms with E-state index >= 15 is 0 Å². The van der Waals surface area contributed by atoms with Crippen LogP contribution in [-0.2, 0) is 21.4 Å². The summed E-state index contributed by atoms with van der Waals surface area (Å²) in [6, 6.07) is 28.7. The molecular formula is C35H31N3O3. The molecule has 204 valence electrons. The van der Waals surface area contributed by atoms with E-state index in [-0.39, 0.29) is 30.1 Å². The molecule has 1 fully saturated rings. The van der Waals surface area contributed by atoms with Gasteiger partial charge < -0.3 is 14.7 Å². The highest BCUT2D eigenvalue weighted by molar-refractivity contribution is 5.92. The molecule has 3 aliphatic heterocycles. The zero-order valence-electron chi connectivity index (χ0n) is 22.9. The van der Waals surface area contributed by atoms with E-state index in [1.807, 2.05) is 43.5 Å². The van der Waals surface area contributed by atoms with Gasteiger partial charge in [-0.2, -0.15) is 0 Å². The van der Waals surface area contributed by atoms with Gasteiger partial charge in [-0.1, -0.05) is 78.9 Å². The number of aromatic amines is 2. The van der Waals surface area contributed by atoms with E-state index in [4.69, 9.17) is 4.74 Å². The molecule has 0 amide bonds. The van der Waals surface area contributed by atoms with Crippen molar-refractivity contribution < 1.29 is 9.53 Å². The third-order valence-electron chi connectivity index (χ3n) is 9.64. The first-order valence-corrected chi connectivity index (χ1v) is 14.5. The number of carbonyl (C=O) groups excluding carboxylic acids is 1. The van der Waals surface area contributed by atoms with E-state index in [2.05, 4.69) is 69.5 Å². The number of hydrogen-bond donors (Lipinski definition) is 2. The van der Waals surface area contributed by atoms with Gasteiger partial charge in [-0.15, -0.1) is 0 Å².